The highest BCUT2D eigenvalue weighted by molar-refractivity contribution is 5.67. The molecule has 1 saturated heterocycles. The standard InChI is InChI=1S/C11H17N3O2/c1-14-5-2-8(7-14)9(6-10(15)16)11-12-3-4-13-11/h3-4,8-9H,2,5-7H2,1H3,(H,12,13)(H,15,16). The number of rotatable bonds is 4. The van der Waals surface area contributed by atoms with E-state index in [1.54, 1.807) is 12.4 Å². The van der Waals surface area contributed by atoms with Crippen molar-refractivity contribution in [2.24, 2.45) is 5.92 Å². The van der Waals surface area contributed by atoms with E-state index in [4.69, 9.17) is 5.11 Å². The van der Waals surface area contributed by atoms with Crippen molar-refractivity contribution in [1.82, 2.24) is 14.9 Å². The lowest BCUT2D eigenvalue weighted by Gasteiger charge is -2.19. The number of likely N-dealkylation sites (tertiary alicyclic amines) is 1. The van der Waals surface area contributed by atoms with Crippen molar-refractivity contribution in [3.05, 3.63) is 18.2 Å². The third-order valence-corrected chi connectivity index (χ3v) is 3.26. The summed E-state index contributed by atoms with van der Waals surface area (Å²) in [6.07, 6.45) is 4.65. The molecule has 0 bridgehead atoms. The van der Waals surface area contributed by atoms with Gasteiger partial charge in [-0.25, -0.2) is 4.98 Å². The fourth-order valence-corrected chi connectivity index (χ4v) is 2.45. The zero-order valence-corrected chi connectivity index (χ0v) is 9.39. The van der Waals surface area contributed by atoms with E-state index in [2.05, 4.69) is 21.9 Å². The first-order valence-corrected chi connectivity index (χ1v) is 5.56. The average molecular weight is 223 g/mol. The Morgan fingerprint density at radius 2 is 2.62 bits per heavy atom. The summed E-state index contributed by atoms with van der Waals surface area (Å²) >= 11 is 0. The van der Waals surface area contributed by atoms with Gasteiger partial charge in [-0.05, 0) is 25.9 Å². The van der Waals surface area contributed by atoms with Gasteiger partial charge in [0.15, 0.2) is 0 Å². The van der Waals surface area contributed by atoms with Gasteiger partial charge in [-0.2, -0.15) is 0 Å². The second-order valence-electron chi connectivity index (χ2n) is 4.49. The first-order chi connectivity index (χ1) is 7.66. The number of H-pyrrole nitrogens is 1. The summed E-state index contributed by atoms with van der Waals surface area (Å²) in [5.41, 5.74) is 0. The second-order valence-corrected chi connectivity index (χ2v) is 4.49. The van der Waals surface area contributed by atoms with Crippen LogP contribution in [0.4, 0.5) is 0 Å². The molecule has 0 amide bonds. The predicted octanol–water partition coefficient (Wildman–Crippen LogP) is 0.920. The summed E-state index contributed by atoms with van der Waals surface area (Å²) < 4.78 is 0. The fraction of sp³-hybridized carbons (Fsp3) is 0.636. The van der Waals surface area contributed by atoms with Crippen molar-refractivity contribution in [3.8, 4) is 0 Å². The molecule has 0 spiro atoms. The highest BCUT2D eigenvalue weighted by Gasteiger charge is 2.31. The molecule has 2 unspecified atom stereocenters. The smallest absolute Gasteiger partial charge is 0.304 e. The van der Waals surface area contributed by atoms with Gasteiger partial charge in [0, 0.05) is 24.9 Å². The lowest BCUT2D eigenvalue weighted by molar-refractivity contribution is -0.137. The summed E-state index contributed by atoms with van der Waals surface area (Å²) in [5.74, 6) is 0.461. The Labute approximate surface area is 94.5 Å². The minimum Gasteiger partial charge on any atom is -0.481 e. The van der Waals surface area contributed by atoms with Crippen molar-refractivity contribution in [2.45, 2.75) is 18.8 Å². The van der Waals surface area contributed by atoms with E-state index >= 15 is 0 Å². The molecule has 16 heavy (non-hydrogen) atoms. The molecule has 1 fully saturated rings. The first-order valence-electron chi connectivity index (χ1n) is 5.56. The Morgan fingerprint density at radius 1 is 1.81 bits per heavy atom. The van der Waals surface area contributed by atoms with Crippen LogP contribution in [-0.4, -0.2) is 46.1 Å². The van der Waals surface area contributed by atoms with Crippen LogP contribution in [-0.2, 0) is 4.79 Å². The SMILES string of the molecule is CN1CCC(C(CC(=O)O)c2ncc[nH]2)C1. The quantitative estimate of drug-likeness (QED) is 0.796. The molecule has 0 aliphatic carbocycles. The molecule has 2 atom stereocenters. The zero-order chi connectivity index (χ0) is 11.5. The normalized spacial score (nSPS) is 23.4. The topological polar surface area (TPSA) is 69.2 Å². The number of nitrogens with zero attached hydrogens (tertiary/aromatic N) is 2. The molecule has 5 nitrogen and oxygen atoms in total. The Morgan fingerprint density at radius 3 is 3.12 bits per heavy atom. The Hall–Kier alpha value is -1.36. The van der Waals surface area contributed by atoms with E-state index < -0.39 is 5.97 Å². The molecule has 1 aromatic heterocycles. The highest BCUT2D eigenvalue weighted by Crippen LogP contribution is 2.32. The van der Waals surface area contributed by atoms with Gasteiger partial charge in [0.2, 0.25) is 0 Å². The largest absolute Gasteiger partial charge is 0.481 e. The van der Waals surface area contributed by atoms with Gasteiger partial charge >= 0.3 is 5.97 Å². The number of imidazole rings is 1. The minimum absolute atomic E-state index is 0.0115. The molecule has 2 heterocycles. The number of carboxylic acids is 1. The second kappa shape index (κ2) is 4.65. The number of aromatic nitrogens is 2. The van der Waals surface area contributed by atoms with Crippen molar-refractivity contribution in [1.29, 1.82) is 0 Å². The molecule has 0 radical (unpaired) electrons. The molecule has 1 aliphatic heterocycles. The molecule has 0 aromatic carbocycles. The summed E-state index contributed by atoms with van der Waals surface area (Å²) in [4.78, 5) is 20.4. The maximum absolute atomic E-state index is 10.9. The fourth-order valence-electron chi connectivity index (χ4n) is 2.45. The third kappa shape index (κ3) is 2.41. The molecule has 0 saturated carbocycles. The van der Waals surface area contributed by atoms with Crippen LogP contribution in [0.2, 0.25) is 0 Å². The summed E-state index contributed by atoms with van der Waals surface area (Å²) in [6.45, 7) is 2.00. The van der Waals surface area contributed by atoms with E-state index in [1.165, 1.54) is 0 Å². The van der Waals surface area contributed by atoms with Crippen LogP contribution in [0.25, 0.3) is 0 Å². The van der Waals surface area contributed by atoms with Crippen molar-refractivity contribution >= 4 is 5.97 Å². The van der Waals surface area contributed by atoms with Crippen molar-refractivity contribution in [2.75, 3.05) is 20.1 Å². The molecule has 2 rings (SSSR count). The minimum atomic E-state index is -0.754. The number of carboxylic acid groups (broad SMARTS) is 1. The Bertz CT molecular complexity index is 350. The van der Waals surface area contributed by atoms with Crippen LogP contribution < -0.4 is 0 Å². The van der Waals surface area contributed by atoms with Crippen LogP contribution in [0.15, 0.2) is 12.4 Å². The Kier molecular flexibility index (Phi) is 3.24. The van der Waals surface area contributed by atoms with Gasteiger partial charge in [-0.3, -0.25) is 4.79 Å². The van der Waals surface area contributed by atoms with Crippen LogP contribution in [0, 0.1) is 5.92 Å². The molecule has 2 N–H and O–H groups in total. The number of hydrogen-bond acceptors (Lipinski definition) is 3. The molecule has 88 valence electrons. The maximum Gasteiger partial charge on any atom is 0.304 e. The molecule has 1 aromatic rings. The monoisotopic (exact) mass is 223 g/mol. The lowest BCUT2D eigenvalue weighted by Crippen LogP contribution is -2.21. The van der Waals surface area contributed by atoms with Crippen molar-refractivity contribution < 1.29 is 9.90 Å². The van der Waals surface area contributed by atoms with E-state index in [1.807, 2.05) is 0 Å². The highest BCUT2D eigenvalue weighted by atomic mass is 16.4. The van der Waals surface area contributed by atoms with Gasteiger partial charge in [0.1, 0.15) is 5.82 Å². The van der Waals surface area contributed by atoms with Crippen LogP contribution >= 0.6 is 0 Å². The molecular formula is C11H17N3O2. The Balaban J connectivity index is 2.11. The number of nitrogens with one attached hydrogen (secondary N) is 1. The molecule has 1 aliphatic rings. The van der Waals surface area contributed by atoms with Crippen molar-refractivity contribution in [3.63, 3.8) is 0 Å². The maximum atomic E-state index is 10.9. The molecular weight excluding hydrogens is 206 g/mol. The van der Waals surface area contributed by atoms with Crippen LogP contribution in [0.5, 0.6) is 0 Å². The van der Waals surface area contributed by atoms with Gasteiger partial charge in [0.05, 0.1) is 6.42 Å². The average Bonchev–Trinajstić information content (AvgIpc) is 2.84. The van der Waals surface area contributed by atoms with Gasteiger partial charge in [-0.15, -0.1) is 0 Å². The number of hydrogen-bond donors (Lipinski definition) is 2. The lowest BCUT2D eigenvalue weighted by atomic mass is 9.88. The third-order valence-electron chi connectivity index (χ3n) is 3.26. The van der Waals surface area contributed by atoms with E-state index in [-0.39, 0.29) is 12.3 Å². The number of aliphatic carboxylic acids is 1. The summed E-state index contributed by atoms with van der Waals surface area (Å²) in [6, 6.07) is 0. The zero-order valence-electron chi connectivity index (χ0n) is 9.39. The predicted molar refractivity (Wildman–Crippen MR) is 59.2 cm³/mol. The van der Waals surface area contributed by atoms with E-state index in [0.29, 0.717) is 5.92 Å². The first kappa shape index (κ1) is 11.1. The van der Waals surface area contributed by atoms with Gasteiger partial charge in [-0.1, -0.05) is 0 Å². The van der Waals surface area contributed by atoms with Crippen LogP contribution in [0.1, 0.15) is 24.6 Å². The van der Waals surface area contributed by atoms with E-state index in [9.17, 15) is 4.79 Å². The van der Waals surface area contributed by atoms with Crippen LogP contribution in [0.3, 0.4) is 0 Å². The number of aromatic amines is 1. The van der Waals surface area contributed by atoms with Gasteiger partial charge in [0.25, 0.3) is 0 Å². The van der Waals surface area contributed by atoms with E-state index in [0.717, 1.165) is 25.3 Å². The van der Waals surface area contributed by atoms with Gasteiger partial charge < -0.3 is 15.0 Å². The summed E-state index contributed by atoms with van der Waals surface area (Å²) in [5, 5.41) is 8.95. The summed E-state index contributed by atoms with van der Waals surface area (Å²) in [7, 11) is 2.07. The molecule has 5 heteroatoms. The number of carbonyl (C=O) groups is 1.